The van der Waals surface area contributed by atoms with Crippen LogP contribution >= 0.6 is 24.0 Å². The molecule has 1 aromatic heterocycles. The lowest BCUT2D eigenvalue weighted by atomic mass is 10.1. The average molecular weight is 532 g/mol. The maximum absolute atomic E-state index is 14.0. The molecule has 0 amide bonds. The number of hydrogen-bond acceptors (Lipinski definition) is 3. The highest BCUT2D eigenvalue weighted by atomic mass is 127. The van der Waals surface area contributed by atoms with E-state index in [9.17, 15) is 4.39 Å². The Morgan fingerprint density at radius 2 is 1.90 bits per heavy atom. The first-order valence-electron chi connectivity index (χ1n) is 9.84. The lowest BCUT2D eigenvalue weighted by molar-refractivity contribution is 0.610. The van der Waals surface area contributed by atoms with E-state index in [4.69, 9.17) is 5.26 Å². The van der Waals surface area contributed by atoms with E-state index in [2.05, 4.69) is 20.7 Å². The summed E-state index contributed by atoms with van der Waals surface area (Å²) in [6.45, 7) is 7.31. The predicted molar refractivity (Wildman–Crippen MR) is 131 cm³/mol. The van der Waals surface area contributed by atoms with Gasteiger partial charge in [-0.1, -0.05) is 18.2 Å². The second-order valence-electron chi connectivity index (χ2n) is 6.93. The van der Waals surface area contributed by atoms with Gasteiger partial charge in [-0.25, -0.2) is 14.1 Å². The Bertz CT molecular complexity index is 1100. The number of nitrogens with one attached hydrogen (secondary N) is 2. The molecule has 2 aromatic carbocycles. The quantitative estimate of drug-likeness (QED) is 0.281. The molecule has 1 heterocycles. The SMILES string of the molecule is CCNC(=NCc1cc(C#N)ccc1F)NCc1ccccc1-n1nc(C)cc1C.I. The number of aromatic nitrogens is 2. The van der Waals surface area contributed by atoms with Gasteiger partial charge in [0.25, 0.3) is 0 Å². The van der Waals surface area contributed by atoms with Gasteiger partial charge in [0.1, 0.15) is 5.82 Å². The first-order valence-corrected chi connectivity index (χ1v) is 9.84. The summed E-state index contributed by atoms with van der Waals surface area (Å²) in [4.78, 5) is 4.48. The van der Waals surface area contributed by atoms with Crippen molar-refractivity contribution in [3.63, 3.8) is 0 Å². The molecule has 0 atom stereocenters. The Morgan fingerprint density at radius 3 is 2.58 bits per heavy atom. The van der Waals surface area contributed by atoms with Crippen molar-refractivity contribution in [2.24, 2.45) is 4.99 Å². The van der Waals surface area contributed by atoms with Gasteiger partial charge >= 0.3 is 0 Å². The van der Waals surface area contributed by atoms with Crippen LogP contribution < -0.4 is 10.6 Å². The van der Waals surface area contributed by atoms with E-state index >= 15 is 0 Å². The summed E-state index contributed by atoms with van der Waals surface area (Å²) >= 11 is 0. The van der Waals surface area contributed by atoms with Crippen LogP contribution in [0.15, 0.2) is 53.5 Å². The molecule has 8 heteroatoms. The van der Waals surface area contributed by atoms with Crippen molar-refractivity contribution in [1.29, 1.82) is 5.26 Å². The third-order valence-corrected chi connectivity index (χ3v) is 4.60. The number of aryl methyl sites for hydroxylation is 2. The Hall–Kier alpha value is -2.93. The van der Waals surface area contributed by atoms with Gasteiger partial charge in [0.05, 0.1) is 29.6 Å². The third-order valence-electron chi connectivity index (χ3n) is 4.60. The van der Waals surface area contributed by atoms with E-state index in [0.29, 0.717) is 30.2 Å². The van der Waals surface area contributed by atoms with Crippen molar-refractivity contribution in [3.8, 4) is 11.8 Å². The van der Waals surface area contributed by atoms with Gasteiger partial charge in [-0.15, -0.1) is 24.0 Å². The Kier molecular flexibility index (Phi) is 9.00. The number of halogens is 2. The van der Waals surface area contributed by atoms with Crippen molar-refractivity contribution in [3.05, 3.63) is 82.4 Å². The van der Waals surface area contributed by atoms with Crippen LogP contribution in [-0.2, 0) is 13.1 Å². The normalized spacial score (nSPS) is 10.9. The number of guanidine groups is 1. The summed E-state index contributed by atoms with van der Waals surface area (Å²) in [5.74, 6) is 0.200. The predicted octanol–water partition coefficient (Wildman–Crippen LogP) is 4.37. The highest BCUT2D eigenvalue weighted by Gasteiger charge is 2.10. The molecule has 0 saturated heterocycles. The van der Waals surface area contributed by atoms with Crippen LogP contribution in [-0.4, -0.2) is 22.3 Å². The summed E-state index contributed by atoms with van der Waals surface area (Å²) < 4.78 is 16.0. The molecule has 0 aliphatic heterocycles. The van der Waals surface area contributed by atoms with Crippen molar-refractivity contribution < 1.29 is 4.39 Å². The molecule has 0 saturated carbocycles. The highest BCUT2D eigenvalue weighted by molar-refractivity contribution is 14.0. The number of aliphatic imine (C=N–C) groups is 1. The molecule has 3 aromatic rings. The van der Waals surface area contributed by atoms with Crippen LogP contribution in [0.25, 0.3) is 5.69 Å². The topological polar surface area (TPSA) is 78.0 Å². The molecule has 0 aliphatic rings. The van der Waals surface area contributed by atoms with E-state index in [1.54, 1.807) is 0 Å². The first-order chi connectivity index (χ1) is 14.5. The summed E-state index contributed by atoms with van der Waals surface area (Å²) in [5, 5.41) is 20.1. The Balaban J connectivity index is 0.00000341. The van der Waals surface area contributed by atoms with E-state index in [-0.39, 0.29) is 36.3 Å². The van der Waals surface area contributed by atoms with Gasteiger partial charge in [0.2, 0.25) is 0 Å². The number of nitriles is 1. The zero-order valence-electron chi connectivity index (χ0n) is 17.8. The highest BCUT2D eigenvalue weighted by Crippen LogP contribution is 2.17. The molecule has 0 bridgehead atoms. The monoisotopic (exact) mass is 532 g/mol. The van der Waals surface area contributed by atoms with Crippen LogP contribution in [0.5, 0.6) is 0 Å². The van der Waals surface area contributed by atoms with Gasteiger partial charge in [0.15, 0.2) is 5.96 Å². The van der Waals surface area contributed by atoms with E-state index in [1.165, 1.54) is 18.2 Å². The molecule has 0 unspecified atom stereocenters. The maximum Gasteiger partial charge on any atom is 0.191 e. The van der Waals surface area contributed by atoms with Crippen LogP contribution in [0.2, 0.25) is 0 Å². The summed E-state index contributed by atoms with van der Waals surface area (Å²) in [6, 6.07) is 16.4. The largest absolute Gasteiger partial charge is 0.357 e. The van der Waals surface area contributed by atoms with Crippen LogP contribution in [0.4, 0.5) is 4.39 Å². The number of nitrogens with zero attached hydrogens (tertiary/aromatic N) is 4. The molecule has 3 rings (SSSR count). The number of hydrogen-bond donors (Lipinski definition) is 2. The minimum atomic E-state index is -0.372. The van der Waals surface area contributed by atoms with Gasteiger partial charge in [-0.05, 0) is 56.7 Å². The number of para-hydroxylation sites is 1. The third kappa shape index (κ3) is 6.28. The minimum Gasteiger partial charge on any atom is -0.357 e. The molecule has 0 aliphatic carbocycles. The molecular formula is C23H26FIN6. The van der Waals surface area contributed by atoms with Gasteiger partial charge in [-0.2, -0.15) is 10.4 Å². The van der Waals surface area contributed by atoms with E-state index < -0.39 is 0 Å². The first kappa shape index (κ1) is 24.3. The Morgan fingerprint density at radius 1 is 1.13 bits per heavy atom. The number of benzene rings is 2. The number of rotatable bonds is 6. The van der Waals surface area contributed by atoms with E-state index in [1.807, 2.05) is 61.9 Å². The fourth-order valence-electron chi connectivity index (χ4n) is 3.19. The summed E-state index contributed by atoms with van der Waals surface area (Å²) in [5.41, 5.74) is 4.89. The van der Waals surface area contributed by atoms with Gasteiger partial charge < -0.3 is 10.6 Å². The minimum absolute atomic E-state index is 0. The van der Waals surface area contributed by atoms with Gasteiger partial charge in [-0.3, -0.25) is 0 Å². The van der Waals surface area contributed by atoms with E-state index in [0.717, 1.165) is 22.6 Å². The summed E-state index contributed by atoms with van der Waals surface area (Å²) in [6.07, 6.45) is 0. The second-order valence-corrected chi connectivity index (χ2v) is 6.93. The summed E-state index contributed by atoms with van der Waals surface area (Å²) in [7, 11) is 0. The zero-order valence-corrected chi connectivity index (χ0v) is 20.1. The molecular weight excluding hydrogens is 506 g/mol. The van der Waals surface area contributed by atoms with Crippen LogP contribution in [0.1, 0.15) is 35.0 Å². The van der Waals surface area contributed by atoms with Crippen molar-refractivity contribution in [1.82, 2.24) is 20.4 Å². The van der Waals surface area contributed by atoms with Gasteiger partial charge in [0, 0.05) is 24.3 Å². The van der Waals surface area contributed by atoms with Crippen LogP contribution in [0.3, 0.4) is 0 Å². The molecule has 0 spiro atoms. The Labute approximate surface area is 199 Å². The van der Waals surface area contributed by atoms with Crippen molar-refractivity contribution >= 4 is 29.9 Å². The molecule has 162 valence electrons. The molecule has 0 radical (unpaired) electrons. The molecule has 31 heavy (non-hydrogen) atoms. The second kappa shape index (κ2) is 11.5. The van der Waals surface area contributed by atoms with Crippen molar-refractivity contribution in [2.45, 2.75) is 33.9 Å². The molecule has 2 N–H and O–H groups in total. The fourth-order valence-corrected chi connectivity index (χ4v) is 3.19. The van der Waals surface area contributed by atoms with Crippen molar-refractivity contribution in [2.75, 3.05) is 6.54 Å². The zero-order chi connectivity index (χ0) is 21.5. The average Bonchev–Trinajstić information content (AvgIpc) is 3.09. The molecule has 6 nitrogen and oxygen atoms in total. The standard InChI is InChI=1S/C23H25FN6.HI/c1-4-26-23(28-15-20-12-18(13-25)9-10-21(20)24)27-14-19-7-5-6-8-22(19)30-17(3)11-16(2)29-30;/h5-12H,4,14-15H2,1-3H3,(H2,26,27,28);1H. The molecule has 0 fully saturated rings. The van der Waals surface area contributed by atoms with Crippen LogP contribution in [0, 0.1) is 31.0 Å². The smallest absolute Gasteiger partial charge is 0.191 e. The lowest BCUT2D eigenvalue weighted by Crippen LogP contribution is -2.37. The lowest BCUT2D eigenvalue weighted by Gasteiger charge is -2.15. The fraction of sp³-hybridized carbons (Fsp3) is 0.261. The maximum atomic E-state index is 14.0.